The molecule has 2 amide bonds. The Morgan fingerprint density at radius 2 is 1.78 bits per heavy atom. The van der Waals surface area contributed by atoms with Crippen molar-refractivity contribution in [2.24, 2.45) is 11.3 Å². The number of ether oxygens (including phenoxy) is 1. The Labute approximate surface area is 107 Å². The van der Waals surface area contributed by atoms with Crippen LogP contribution in [0.5, 0.6) is 0 Å². The lowest BCUT2D eigenvalue weighted by molar-refractivity contribution is -0.157. The van der Waals surface area contributed by atoms with E-state index in [-0.39, 0.29) is 19.1 Å². The molecular weight excluding hydrogens is 236 g/mol. The molecule has 0 bridgehead atoms. The van der Waals surface area contributed by atoms with Gasteiger partial charge in [0, 0.05) is 7.05 Å². The van der Waals surface area contributed by atoms with Crippen LogP contribution in [0, 0.1) is 11.3 Å². The SMILES string of the molecule is CCOC(=O)C(C(=O)NCC(=O)NC)C(C)(C)C. The predicted molar refractivity (Wildman–Crippen MR) is 66.7 cm³/mol. The molecule has 2 N–H and O–H groups in total. The van der Waals surface area contributed by atoms with Gasteiger partial charge in [-0.3, -0.25) is 14.4 Å². The van der Waals surface area contributed by atoms with Crippen molar-refractivity contribution in [1.82, 2.24) is 10.6 Å². The number of carbonyl (C=O) groups excluding carboxylic acids is 3. The van der Waals surface area contributed by atoms with Gasteiger partial charge in [-0.05, 0) is 12.3 Å². The van der Waals surface area contributed by atoms with Crippen molar-refractivity contribution in [3.8, 4) is 0 Å². The van der Waals surface area contributed by atoms with E-state index >= 15 is 0 Å². The fraction of sp³-hybridized carbons (Fsp3) is 0.750. The summed E-state index contributed by atoms with van der Waals surface area (Å²) >= 11 is 0. The van der Waals surface area contributed by atoms with Crippen LogP contribution < -0.4 is 10.6 Å². The summed E-state index contributed by atoms with van der Waals surface area (Å²) in [5, 5.41) is 4.81. The van der Waals surface area contributed by atoms with Crippen LogP contribution >= 0.6 is 0 Å². The monoisotopic (exact) mass is 258 g/mol. The molecule has 0 aliphatic rings. The maximum absolute atomic E-state index is 11.9. The van der Waals surface area contributed by atoms with Gasteiger partial charge in [0.15, 0.2) is 0 Å². The number of carbonyl (C=O) groups is 3. The van der Waals surface area contributed by atoms with Gasteiger partial charge in [0.05, 0.1) is 13.2 Å². The highest BCUT2D eigenvalue weighted by atomic mass is 16.5. The average Bonchev–Trinajstić information content (AvgIpc) is 2.24. The van der Waals surface area contributed by atoms with Crippen molar-refractivity contribution in [3.63, 3.8) is 0 Å². The molecular formula is C12H22N2O4. The largest absolute Gasteiger partial charge is 0.465 e. The van der Waals surface area contributed by atoms with Crippen molar-refractivity contribution < 1.29 is 19.1 Å². The number of hydrogen-bond acceptors (Lipinski definition) is 4. The van der Waals surface area contributed by atoms with Gasteiger partial charge in [0.1, 0.15) is 5.92 Å². The number of esters is 1. The molecule has 0 aliphatic heterocycles. The zero-order chi connectivity index (χ0) is 14.3. The lowest BCUT2D eigenvalue weighted by atomic mass is 9.80. The molecule has 0 fully saturated rings. The van der Waals surface area contributed by atoms with E-state index in [4.69, 9.17) is 4.74 Å². The standard InChI is InChI=1S/C12H22N2O4/c1-6-18-11(17)9(12(2,3)4)10(16)14-7-8(15)13-5/h9H,6-7H2,1-5H3,(H,13,15)(H,14,16). The van der Waals surface area contributed by atoms with Gasteiger partial charge >= 0.3 is 5.97 Å². The summed E-state index contributed by atoms with van der Waals surface area (Å²) in [5.74, 6) is -2.31. The van der Waals surface area contributed by atoms with Crippen molar-refractivity contribution in [2.45, 2.75) is 27.7 Å². The van der Waals surface area contributed by atoms with Crippen LogP contribution in [0.2, 0.25) is 0 Å². The third-order valence-corrected chi connectivity index (χ3v) is 2.35. The lowest BCUT2D eigenvalue weighted by Gasteiger charge is -2.27. The molecule has 0 rings (SSSR count). The third-order valence-electron chi connectivity index (χ3n) is 2.35. The van der Waals surface area contributed by atoms with E-state index in [0.29, 0.717) is 0 Å². The van der Waals surface area contributed by atoms with Crippen LogP contribution in [0.4, 0.5) is 0 Å². The normalized spacial score (nSPS) is 12.5. The molecule has 0 aromatic carbocycles. The Balaban J connectivity index is 4.72. The molecule has 0 aliphatic carbocycles. The van der Waals surface area contributed by atoms with Crippen LogP contribution in [-0.4, -0.2) is 38.0 Å². The van der Waals surface area contributed by atoms with Gasteiger partial charge in [0.2, 0.25) is 11.8 Å². The molecule has 0 saturated carbocycles. The molecule has 1 atom stereocenters. The predicted octanol–water partition coefficient (Wildman–Crippen LogP) is 0.0740. The van der Waals surface area contributed by atoms with Crippen LogP contribution in [-0.2, 0) is 19.1 Å². The minimum absolute atomic E-state index is 0.151. The molecule has 1 unspecified atom stereocenters. The van der Waals surface area contributed by atoms with Gasteiger partial charge in [-0.2, -0.15) is 0 Å². The zero-order valence-electron chi connectivity index (χ0n) is 11.6. The Hall–Kier alpha value is -1.59. The second kappa shape index (κ2) is 6.98. The Bertz CT molecular complexity index is 321. The van der Waals surface area contributed by atoms with Crippen molar-refractivity contribution in [2.75, 3.05) is 20.2 Å². The van der Waals surface area contributed by atoms with Crippen molar-refractivity contribution in [1.29, 1.82) is 0 Å². The number of likely N-dealkylation sites (N-methyl/N-ethyl adjacent to an activating group) is 1. The minimum Gasteiger partial charge on any atom is -0.465 e. The number of amides is 2. The quantitative estimate of drug-likeness (QED) is 0.540. The maximum Gasteiger partial charge on any atom is 0.319 e. The average molecular weight is 258 g/mol. The number of nitrogens with one attached hydrogen (secondary N) is 2. The molecule has 0 saturated heterocycles. The van der Waals surface area contributed by atoms with Crippen LogP contribution in [0.3, 0.4) is 0 Å². The molecule has 0 spiro atoms. The van der Waals surface area contributed by atoms with Crippen molar-refractivity contribution in [3.05, 3.63) is 0 Å². The first-order valence-electron chi connectivity index (χ1n) is 5.89. The number of hydrogen-bond donors (Lipinski definition) is 2. The molecule has 0 radical (unpaired) electrons. The van der Waals surface area contributed by atoms with Crippen LogP contribution in [0.1, 0.15) is 27.7 Å². The Morgan fingerprint density at radius 1 is 1.22 bits per heavy atom. The number of rotatable bonds is 5. The first-order valence-corrected chi connectivity index (χ1v) is 5.89. The Morgan fingerprint density at radius 3 is 2.17 bits per heavy atom. The highest BCUT2D eigenvalue weighted by molar-refractivity contribution is 5.99. The summed E-state index contributed by atoms with van der Waals surface area (Å²) in [4.78, 5) is 34.7. The van der Waals surface area contributed by atoms with Gasteiger partial charge in [0.25, 0.3) is 0 Å². The minimum atomic E-state index is -0.929. The second-order valence-electron chi connectivity index (χ2n) is 4.94. The first-order chi connectivity index (χ1) is 8.23. The smallest absolute Gasteiger partial charge is 0.319 e. The van der Waals surface area contributed by atoms with E-state index in [0.717, 1.165) is 0 Å². The van der Waals surface area contributed by atoms with Gasteiger partial charge in [-0.15, -0.1) is 0 Å². The second-order valence-corrected chi connectivity index (χ2v) is 4.94. The molecule has 18 heavy (non-hydrogen) atoms. The summed E-state index contributed by atoms with van der Waals surface area (Å²) in [6.07, 6.45) is 0. The highest BCUT2D eigenvalue weighted by Crippen LogP contribution is 2.27. The fourth-order valence-corrected chi connectivity index (χ4v) is 1.44. The molecule has 6 heteroatoms. The summed E-state index contributed by atoms with van der Waals surface area (Å²) in [5.41, 5.74) is -0.570. The van der Waals surface area contributed by atoms with Gasteiger partial charge < -0.3 is 15.4 Å². The van der Waals surface area contributed by atoms with Crippen LogP contribution in [0.25, 0.3) is 0 Å². The third kappa shape index (κ3) is 5.16. The lowest BCUT2D eigenvalue weighted by Crippen LogP contribution is -2.46. The summed E-state index contributed by atoms with van der Waals surface area (Å²) in [6.45, 7) is 7.06. The van der Waals surface area contributed by atoms with E-state index in [9.17, 15) is 14.4 Å². The molecule has 104 valence electrons. The first kappa shape index (κ1) is 16.4. The molecule has 0 aromatic rings. The van der Waals surface area contributed by atoms with E-state index in [1.54, 1.807) is 27.7 Å². The fourth-order valence-electron chi connectivity index (χ4n) is 1.44. The summed E-state index contributed by atoms with van der Waals surface area (Å²) in [6, 6.07) is 0. The topological polar surface area (TPSA) is 84.5 Å². The van der Waals surface area contributed by atoms with Gasteiger partial charge in [-0.25, -0.2) is 0 Å². The van der Waals surface area contributed by atoms with Gasteiger partial charge in [-0.1, -0.05) is 20.8 Å². The maximum atomic E-state index is 11.9. The molecule has 6 nitrogen and oxygen atoms in total. The zero-order valence-corrected chi connectivity index (χ0v) is 11.6. The Kier molecular flexibility index (Phi) is 6.36. The summed E-state index contributed by atoms with van der Waals surface area (Å²) < 4.78 is 4.88. The van der Waals surface area contributed by atoms with E-state index in [1.165, 1.54) is 7.05 Å². The van der Waals surface area contributed by atoms with Crippen LogP contribution in [0.15, 0.2) is 0 Å². The molecule has 0 heterocycles. The van der Waals surface area contributed by atoms with E-state index < -0.39 is 23.2 Å². The van der Waals surface area contributed by atoms with Crippen molar-refractivity contribution >= 4 is 17.8 Å². The van der Waals surface area contributed by atoms with E-state index in [1.807, 2.05) is 0 Å². The molecule has 0 aromatic heterocycles. The van der Waals surface area contributed by atoms with E-state index in [2.05, 4.69) is 10.6 Å². The summed E-state index contributed by atoms with van der Waals surface area (Å²) in [7, 11) is 1.47. The highest BCUT2D eigenvalue weighted by Gasteiger charge is 2.38.